The van der Waals surface area contributed by atoms with E-state index in [1.54, 1.807) is 11.3 Å². The van der Waals surface area contributed by atoms with Gasteiger partial charge in [0, 0.05) is 27.0 Å². The van der Waals surface area contributed by atoms with Gasteiger partial charge >= 0.3 is 0 Å². The molecule has 3 rings (SSSR count). The number of fused-ring (bicyclic) bond motifs is 1. The molecule has 0 saturated heterocycles. The molecule has 1 aliphatic rings. The van der Waals surface area contributed by atoms with Gasteiger partial charge in [0.1, 0.15) is 0 Å². The standard InChI is InChI=1S/C14H13BrN2OS/c15-9-5-10(19-8-9)6-17-14(18)12-7-16-13-4-2-1-3-11(12)13/h1-5,8,12,16H,6-7H2,(H,17,18). The molecule has 5 heteroatoms. The molecule has 1 aromatic carbocycles. The van der Waals surface area contributed by atoms with E-state index in [9.17, 15) is 4.79 Å². The molecule has 3 nitrogen and oxygen atoms in total. The Morgan fingerprint density at radius 3 is 3.11 bits per heavy atom. The summed E-state index contributed by atoms with van der Waals surface area (Å²) >= 11 is 5.06. The molecule has 0 radical (unpaired) electrons. The highest BCUT2D eigenvalue weighted by Crippen LogP contribution is 2.31. The molecule has 2 aromatic rings. The Hall–Kier alpha value is -1.33. The number of carbonyl (C=O) groups excluding carboxylic acids is 1. The molecule has 0 aliphatic carbocycles. The van der Waals surface area contributed by atoms with Crippen LogP contribution in [0.5, 0.6) is 0 Å². The van der Waals surface area contributed by atoms with Crippen LogP contribution in [0.25, 0.3) is 0 Å². The third kappa shape index (κ3) is 2.67. The lowest BCUT2D eigenvalue weighted by Crippen LogP contribution is -2.29. The minimum atomic E-state index is -0.0837. The Morgan fingerprint density at radius 1 is 1.47 bits per heavy atom. The van der Waals surface area contributed by atoms with Crippen molar-refractivity contribution in [1.82, 2.24) is 5.32 Å². The number of rotatable bonds is 3. The fourth-order valence-electron chi connectivity index (χ4n) is 2.26. The van der Waals surface area contributed by atoms with E-state index in [0.717, 1.165) is 20.6 Å². The van der Waals surface area contributed by atoms with Crippen molar-refractivity contribution >= 4 is 38.9 Å². The first-order chi connectivity index (χ1) is 9.24. The van der Waals surface area contributed by atoms with Gasteiger partial charge < -0.3 is 10.6 Å². The average molecular weight is 337 g/mol. The number of carbonyl (C=O) groups is 1. The van der Waals surface area contributed by atoms with Crippen LogP contribution in [0.3, 0.4) is 0 Å². The van der Waals surface area contributed by atoms with Crippen LogP contribution in [-0.2, 0) is 11.3 Å². The summed E-state index contributed by atoms with van der Waals surface area (Å²) in [6.07, 6.45) is 0. The van der Waals surface area contributed by atoms with Crippen LogP contribution in [0.15, 0.2) is 40.2 Å². The molecule has 98 valence electrons. The van der Waals surface area contributed by atoms with Crippen LogP contribution in [0.4, 0.5) is 5.69 Å². The second-order valence-electron chi connectivity index (χ2n) is 4.47. The van der Waals surface area contributed by atoms with Crippen LogP contribution < -0.4 is 10.6 Å². The molecular formula is C14H13BrN2OS. The molecular weight excluding hydrogens is 324 g/mol. The Balaban J connectivity index is 1.66. The molecule has 0 spiro atoms. The molecule has 19 heavy (non-hydrogen) atoms. The van der Waals surface area contributed by atoms with Gasteiger partial charge in [-0.15, -0.1) is 11.3 Å². The molecule has 1 aliphatic heterocycles. The Labute approximate surface area is 124 Å². The van der Waals surface area contributed by atoms with E-state index in [1.807, 2.05) is 35.7 Å². The van der Waals surface area contributed by atoms with Crippen LogP contribution >= 0.6 is 27.3 Å². The summed E-state index contributed by atoms with van der Waals surface area (Å²) < 4.78 is 1.06. The molecule has 1 amide bonds. The Morgan fingerprint density at radius 2 is 2.32 bits per heavy atom. The highest BCUT2D eigenvalue weighted by Gasteiger charge is 2.27. The number of para-hydroxylation sites is 1. The number of nitrogens with one attached hydrogen (secondary N) is 2. The van der Waals surface area contributed by atoms with Gasteiger partial charge in [-0.1, -0.05) is 18.2 Å². The molecule has 0 fully saturated rings. The van der Waals surface area contributed by atoms with E-state index in [0.29, 0.717) is 13.1 Å². The summed E-state index contributed by atoms with van der Waals surface area (Å²) in [4.78, 5) is 13.4. The smallest absolute Gasteiger partial charge is 0.229 e. The summed E-state index contributed by atoms with van der Waals surface area (Å²) in [6, 6.07) is 10.0. The molecule has 2 N–H and O–H groups in total. The first kappa shape index (κ1) is 12.7. The number of thiophene rings is 1. The summed E-state index contributed by atoms with van der Waals surface area (Å²) in [6.45, 7) is 1.27. The van der Waals surface area contributed by atoms with Crippen LogP contribution in [0.1, 0.15) is 16.4 Å². The Bertz CT molecular complexity index is 611. The van der Waals surface area contributed by atoms with Gasteiger partial charge in [-0.3, -0.25) is 4.79 Å². The zero-order chi connectivity index (χ0) is 13.2. The third-order valence-electron chi connectivity index (χ3n) is 3.21. The monoisotopic (exact) mass is 336 g/mol. The van der Waals surface area contributed by atoms with Crippen molar-refractivity contribution in [3.63, 3.8) is 0 Å². The normalized spacial score (nSPS) is 16.8. The SMILES string of the molecule is O=C(NCc1cc(Br)cs1)C1CNc2ccccc21. The zero-order valence-corrected chi connectivity index (χ0v) is 12.6. The van der Waals surface area contributed by atoms with Crippen molar-refractivity contribution in [3.05, 3.63) is 50.6 Å². The van der Waals surface area contributed by atoms with Crippen LogP contribution in [-0.4, -0.2) is 12.5 Å². The summed E-state index contributed by atoms with van der Waals surface area (Å²) in [5, 5.41) is 8.30. The summed E-state index contributed by atoms with van der Waals surface area (Å²) in [7, 11) is 0. The maximum atomic E-state index is 12.2. The van der Waals surface area contributed by atoms with Crippen LogP contribution in [0.2, 0.25) is 0 Å². The molecule has 0 saturated carbocycles. The molecule has 2 heterocycles. The Kier molecular flexibility index (Phi) is 3.57. The van der Waals surface area contributed by atoms with Gasteiger partial charge in [0.25, 0.3) is 0 Å². The van der Waals surface area contributed by atoms with Crippen molar-refractivity contribution in [2.24, 2.45) is 0 Å². The van der Waals surface area contributed by atoms with Gasteiger partial charge in [0.15, 0.2) is 0 Å². The lowest BCUT2D eigenvalue weighted by atomic mass is 10.0. The highest BCUT2D eigenvalue weighted by molar-refractivity contribution is 9.10. The number of hydrogen-bond donors (Lipinski definition) is 2. The van der Waals surface area contributed by atoms with E-state index >= 15 is 0 Å². The van der Waals surface area contributed by atoms with Crippen molar-refractivity contribution in [1.29, 1.82) is 0 Å². The van der Waals surface area contributed by atoms with E-state index in [1.165, 1.54) is 0 Å². The highest BCUT2D eigenvalue weighted by atomic mass is 79.9. The lowest BCUT2D eigenvalue weighted by molar-refractivity contribution is -0.122. The number of anilines is 1. The number of amides is 1. The molecule has 0 bridgehead atoms. The van der Waals surface area contributed by atoms with Crippen molar-refractivity contribution in [3.8, 4) is 0 Å². The van der Waals surface area contributed by atoms with Crippen molar-refractivity contribution < 1.29 is 4.79 Å². The second-order valence-corrected chi connectivity index (χ2v) is 6.38. The van der Waals surface area contributed by atoms with Crippen molar-refractivity contribution in [2.75, 3.05) is 11.9 Å². The quantitative estimate of drug-likeness (QED) is 0.902. The minimum Gasteiger partial charge on any atom is -0.384 e. The molecule has 1 unspecified atom stereocenters. The first-order valence-corrected chi connectivity index (χ1v) is 7.75. The first-order valence-electron chi connectivity index (χ1n) is 6.07. The minimum absolute atomic E-state index is 0.0837. The summed E-state index contributed by atoms with van der Waals surface area (Å²) in [5.74, 6) is 0.00146. The van der Waals surface area contributed by atoms with Gasteiger partial charge in [0.2, 0.25) is 5.91 Å². The maximum absolute atomic E-state index is 12.2. The number of halogens is 1. The number of hydrogen-bond acceptors (Lipinski definition) is 3. The van der Waals surface area contributed by atoms with E-state index in [2.05, 4.69) is 26.6 Å². The second kappa shape index (κ2) is 5.35. The van der Waals surface area contributed by atoms with Gasteiger partial charge in [-0.25, -0.2) is 0 Å². The topological polar surface area (TPSA) is 41.1 Å². The zero-order valence-electron chi connectivity index (χ0n) is 10.2. The fraction of sp³-hybridized carbons (Fsp3) is 0.214. The van der Waals surface area contributed by atoms with Crippen LogP contribution in [0, 0.1) is 0 Å². The summed E-state index contributed by atoms with van der Waals surface area (Å²) in [5.41, 5.74) is 2.16. The maximum Gasteiger partial charge on any atom is 0.229 e. The van der Waals surface area contributed by atoms with E-state index in [4.69, 9.17) is 0 Å². The molecule has 1 aromatic heterocycles. The third-order valence-corrected chi connectivity index (χ3v) is 4.91. The molecule has 1 atom stereocenters. The predicted molar refractivity (Wildman–Crippen MR) is 81.5 cm³/mol. The fourth-order valence-corrected chi connectivity index (χ4v) is 3.65. The van der Waals surface area contributed by atoms with Gasteiger partial charge in [0.05, 0.1) is 12.5 Å². The van der Waals surface area contributed by atoms with Crippen molar-refractivity contribution in [2.45, 2.75) is 12.5 Å². The largest absolute Gasteiger partial charge is 0.384 e. The average Bonchev–Trinajstić information content (AvgIpc) is 3.02. The predicted octanol–water partition coefficient (Wildman–Crippen LogP) is 3.34. The number of benzene rings is 1. The van der Waals surface area contributed by atoms with E-state index in [-0.39, 0.29) is 11.8 Å². The van der Waals surface area contributed by atoms with E-state index < -0.39 is 0 Å². The lowest BCUT2D eigenvalue weighted by Gasteiger charge is -2.10. The van der Waals surface area contributed by atoms with Gasteiger partial charge in [-0.2, -0.15) is 0 Å². The van der Waals surface area contributed by atoms with Gasteiger partial charge in [-0.05, 0) is 33.6 Å².